The number of carbonyl (C=O) groups excluding carboxylic acids is 1. The number of alkyl halides is 1. The molecule has 1 amide bonds. The number of carbonyl (C=O) groups is 1. The fraction of sp³-hybridized carbons (Fsp3) is 0.500. The average Bonchev–Trinajstić information content (AvgIpc) is 3.14. The van der Waals surface area contributed by atoms with Crippen LogP contribution >= 0.6 is 15.9 Å². The third-order valence-corrected chi connectivity index (χ3v) is 4.64. The lowest BCUT2D eigenvalue weighted by Crippen LogP contribution is -2.43. The van der Waals surface area contributed by atoms with E-state index in [4.69, 9.17) is 0 Å². The summed E-state index contributed by atoms with van der Waals surface area (Å²) in [6, 6.07) is 11.0. The van der Waals surface area contributed by atoms with Gasteiger partial charge in [0.05, 0.1) is 4.83 Å². The zero-order chi connectivity index (χ0) is 11.8. The van der Waals surface area contributed by atoms with Crippen LogP contribution in [0.2, 0.25) is 0 Å². The summed E-state index contributed by atoms with van der Waals surface area (Å²) in [5.41, 5.74) is 1.38. The van der Waals surface area contributed by atoms with E-state index in [9.17, 15) is 4.79 Å². The molecule has 0 spiro atoms. The first-order valence-corrected chi connectivity index (χ1v) is 7.18. The lowest BCUT2D eigenvalue weighted by Gasteiger charge is -2.30. The number of piperidine rings is 1. The number of amides is 1. The van der Waals surface area contributed by atoms with Crippen LogP contribution in [0.25, 0.3) is 0 Å². The summed E-state index contributed by atoms with van der Waals surface area (Å²) in [7, 11) is 0. The standard InChI is InChI=1S/C14H16BrNO/c15-12-7-4-8-16(14(12)17)13-9-11(13)10-5-2-1-3-6-10/h1-3,5-6,11-13H,4,7-9H2. The average molecular weight is 294 g/mol. The fourth-order valence-electron chi connectivity index (χ4n) is 2.77. The summed E-state index contributed by atoms with van der Waals surface area (Å²) in [6.45, 7) is 0.939. The first kappa shape index (κ1) is 11.3. The zero-order valence-electron chi connectivity index (χ0n) is 9.68. The SMILES string of the molecule is O=C1C(Br)CCCN1C1CC1c1ccccc1. The van der Waals surface area contributed by atoms with E-state index in [1.54, 1.807) is 0 Å². The maximum Gasteiger partial charge on any atom is 0.236 e. The van der Waals surface area contributed by atoms with Gasteiger partial charge in [-0.3, -0.25) is 4.79 Å². The highest BCUT2D eigenvalue weighted by molar-refractivity contribution is 9.10. The molecule has 1 aliphatic heterocycles. The summed E-state index contributed by atoms with van der Waals surface area (Å²) in [6.07, 6.45) is 3.24. The van der Waals surface area contributed by atoms with Crippen LogP contribution in [0, 0.1) is 0 Å². The normalized spacial score (nSPS) is 32.6. The van der Waals surface area contributed by atoms with E-state index < -0.39 is 0 Å². The van der Waals surface area contributed by atoms with Gasteiger partial charge < -0.3 is 4.90 Å². The molecule has 2 aliphatic rings. The van der Waals surface area contributed by atoms with Crippen molar-refractivity contribution in [2.24, 2.45) is 0 Å². The van der Waals surface area contributed by atoms with E-state index in [0.29, 0.717) is 17.9 Å². The second-order valence-corrected chi connectivity index (χ2v) is 6.07. The molecule has 0 N–H and O–H groups in total. The number of benzene rings is 1. The molecular formula is C14H16BrNO. The van der Waals surface area contributed by atoms with Crippen LogP contribution < -0.4 is 0 Å². The quantitative estimate of drug-likeness (QED) is 0.768. The van der Waals surface area contributed by atoms with Crippen molar-refractivity contribution in [3.63, 3.8) is 0 Å². The van der Waals surface area contributed by atoms with Crippen molar-refractivity contribution in [3.05, 3.63) is 35.9 Å². The Bertz CT molecular complexity index is 419. The number of nitrogens with zero attached hydrogens (tertiary/aromatic N) is 1. The van der Waals surface area contributed by atoms with Gasteiger partial charge in [-0.1, -0.05) is 46.3 Å². The molecule has 1 aliphatic carbocycles. The van der Waals surface area contributed by atoms with Gasteiger partial charge in [-0.05, 0) is 24.8 Å². The van der Waals surface area contributed by atoms with Crippen molar-refractivity contribution in [2.75, 3.05) is 6.54 Å². The van der Waals surface area contributed by atoms with Gasteiger partial charge in [0.15, 0.2) is 0 Å². The Kier molecular flexibility index (Phi) is 2.95. The molecule has 2 nitrogen and oxygen atoms in total. The highest BCUT2D eigenvalue weighted by Gasteiger charge is 2.46. The van der Waals surface area contributed by atoms with E-state index in [2.05, 4.69) is 45.1 Å². The number of rotatable bonds is 2. The van der Waals surface area contributed by atoms with E-state index in [1.807, 2.05) is 6.07 Å². The molecule has 2 fully saturated rings. The molecule has 1 heterocycles. The van der Waals surface area contributed by atoms with Crippen LogP contribution in [0.5, 0.6) is 0 Å². The number of hydrogen-bond acceptors (Lipinski definition) is 1. The molecule has 90 valence electrons. The largest absolute Gasteiger partial charge is 0.338 e. The highest BCUT2D eigenvalue weighted by atomic mass is 79.9. The second kappa shape index (κ2) is 4.45. The summed E-state index contributed by atoms with van der Waals surface area (Å²) < 4.78 is 0. The van der Waals surface area contributed by atoms with Crippen molar-refractivity contribution in [2.45, 2.75) is 36.0 Å². The molecule has 0 radical (unpaired) electrons. The summed E-state index contributed by atoms with van der Waals surface area (Å²) >= 11 is 3.48. The van der Waals surface area contributed by atoms with Gasteiger partial charge >= 0.3 is 0 Å². The molecule has 1 saturated carbocycles. The Morgan fingerprint density at radius 3 is 2.76 bits per heavy atom. The van der Waals surface area contributed by atoms with Gasteiger partial charge in [0.25, 0.3) is 0 Å². The van der Waals surface area contributed by atoms with Crippen LogP contribution in [0.4, 0.5) is 0 Å². The van der Waals surface area contributed by atoms with Crippen molar-refractivity contribution in [1.82, 2.24) is 4.90 Å². The monoisotopic (exact) mass is 293 g/mol. The Morgan fingerprint density at radius 2 is 2.00 bits per heavy atom. The van der Waals surface area contributed by atoms with Gasteiger partial charge in [-0.2, -0.15) is 0 Å². The Labute approximate surface area is 110 Å². The molecular weight excluding hydrogens is 278 g/mol. The first-order chi connectivity index (χ1) is 8.27. The molecule has 17 heavy (non-hydrogen) atoms. The van der Waals surface area contributed by atoms with Crippen molar-refractivity contribution >= 4 is 21.8 Å². The molecule has 3 heteroatoms. The minimum Gasteiger partial charge on any atom is -0.338 e. The van der Waals surface area contributed by atoms with Crippen LogP contribution in [0.3, 0.4) is 0 Å². The van der Waals surface area contributed by atoms with Gasteiger partial charge in [0, 0.05) is 18.5 Å². The van der Waals surface area contributed by atoms with Crippen molar-refractivity contribution < 1.29 is 4.79 Å². The molecule has 3 rings (SSSR count). The summed E-state index contributed by atoms with van der Waals surface area (Å²) in [4.78, 5) is 14.2. The molecule has 1 aromatic carbocycles. The minimum atomic E-state index is 0.0493. The van der Waals surface area contributed by atoms with E-state index in [0.717, 1.165) is 25.8 Å². The minimum absolute atomic E-state index is 0.0493. The lowest BCUT2D eigenvalue weighted by atomic mass is 10.1. The highest BCUT2D eigenvalue weighted by Crippen LogP contribution is 2.45. The third-order valence-electron chi connectivity index (χ3n) is 3.79. The Balaban J connectivity index is 1.70. The van der Waals surface area contributed by atoms with Crippen LogP contribution in [-0.2, 0) is 4.79 Å². The maximum atomic E-state index is 12.1. The number of hydrogen-bond donors (Lipinski definition) is 0. The van der Waals surface area contributed by atoms with Crippen LogP contribution in [0.15, 0.2) is 30.3 Å². The lowest BCUT2D eigenvalue weighted by molar-refractivity contribution is -0.133. The van der Waals surface area contributed by atoms with Crippen LogP contribution in [-0.4, -0.2) is 28.2 Å². The Hall–Kier alpha value is -0.830. The van der Waals surface area contributed by atoms with Crippen LogP contribution in [0.1, 0.15) is 30.7 Å². The van der Waals surface area contributed by atoms with Gasteiger partial charge in [0.1, 0.15) is 0 Å². The van der Waals surface area contributed by atoms with Crippen molar-refractivity contribution in [1.29, 1.82) is 0 Å². The fourth-order valence-corrected chi connectivity index (χ4v) is 3.35. The summed E-state index contributed by atoms with van der Waals surface area (Å²) in [5, 5.41) is 0. The summed E-state index contributed by atoms with van der Waals surface area (Å²) in [5.74, 6) is 0.859. The molecule has 0 aromatic heterocycles. The predicted octanol–water partition coefficient (Wildman–Crippen LogP) is 2.93. The third kappa shape index (κ3) is 2.13. The van der Waals surface area contributed by atoms with Crippen molar-refractivity contribution in [3.8, 4) is 0 Å². The van der Waals surface area contributed by atoms with Gasteiger partial charge in [0.2, 0.25) is 5.91 Å². The van der Waals surface area contributed by atoms with Gasteiger partial charge in [-0.15, -0.1) is 0 Å². The van der Waals surface area contributed by atoms with E-state index >= 15 is 0 Å². The van der Waals surface area contributed by atoms with Gasteiger partial charge in [-0.25, -0.2) is 0 Å². The van der Waals surface area contributed by atoms with E-state index in [1.165, 1.54) is 5.56 Å². The topological polar surface area (TPSA) is 20.3 Å². The molecule has 1 saturated heterocycles. The molecule has 3 unspecified atom stereocenters. The molecule has 1 aromatic rings. The smallest absolute Gasteiger partial charge is 0.236 e. The second-order valence-electron chi connectivity index (χ2n) is 4.96. The molecule has 3 atom stereocenters. The maximum absolute atomic E-state index is 12.1. The first-order valence-electron chi connectivity index (χ1n) is 6.27. The molecule has 0 bridgehead atoms. The predicted molar refractivity (Wildman–Crippen MR) is 71.3 cm³/mol. The zero-order valence-corrected chi connectivity index (χ0v) is 11.3. The number of likely N-dealkylation sites (tertiary alicyclic amines) is 1. The van der Waals surface area contributed by atoms with E-state index in [-0.39, 0.29) is 4.83 Å². The Morgan fingerprint density at radius 1 is 1.24 bits per heavy atom. The number of halogens is 1.